The molecule has 4 heteroatoms. The van der Waals surface area contributed by atoms with Crippen LogP contribution in [-0.2, 0) is 0 Å². The Balaban J connectivity index is 2.25. The zero-order valence-electron chi connectivity index (χ0n) is 11.6. The van der Waals surface area contributed by atoms with Gasteiger partial charge in [-0.2, -0.15) is 0 Å². The van der Waals surface area contributed by atoms with Crippen LogP contribution in [0.3, 0.4) is 0 Å². The van der Waals surface area contributed by atoms with E-state index in [1.165, 1.54) is 4.90 Å². The van der Waals surface area contributed by atoms with E-state index in [1.54, 1.807) is 11.8 Å². The molecule has 2 aromatic rings. The number of nitrogens with two attached hydrogens (primary N) is 1. The second-order valence-electron chi connectivity index (χ2n) is 4.37. The van der Waals surface area contributed by atoms with Crippen molar-refractivity contribution in [2.24, 2.45) is 5.73 Å². The minimum absolute atomic E-state index is 0.143. The summed E-state index contributed by atoms with van der Waals surface area (Å²) in [5, 5.41) is 0. The molecule has 0 aliphatic rings. The fourth-order valence-electron chi connectivity index (χ4n) is 2.01. The molecule has 2 N–H and O–H groups in total. The van der Waals surface area contributed by atoms with E-state index < -0.39 is 0 Å². The van der Waals surface area contributed by atoms with E-state index >= 15 is 0 Å². The van der Waals surface area contributed by atoms with Gasteiger partial charge in [-0.25, -0.2) is 0 Å². The lowest BCUT2D eigenvalue weighted by Crippen LogP contribution is -2.12. The van der Waals surface area contributed by atoms with Crippen LogP contribution >= 0.6 is 27.7 Å². The van der Waals surface area contributed by atoms with Crippen LogP contribution in [0.25, 0.3) is 0 Å². The zero-order valence-corrected chi connectivity index (χ0v) is 14.0. The van der Waals surface area contributed by atoms with E-state index in [0.29, 0.717) is 6.61 Å². The quantitative estimate of drug-likeness (QED) is 0.798. The van der Waals surface area contributed by atoms with Gasteiger partial charge in [0.15, 0.2) is 0 Å². The van der Waals surface area contributed by atoms with Gasteiger partial charge in [0, 0.05) is 9.37 Å². The Morgan fingerprint density at radius 2 is 1.90 bits per heavy atom. The van der Waals surface area contributed by atoms with Crippen LogP contribution < -0.4 is 10.5 Å². The van der Waals surface area contributed by atoms with Gasteiger partial charge < -0.3 is 10.5 Å². The molecular weight excluding hydrogens is 334 g/mol. The Morgan fingerprint density at radius 1 is 1.20 bits per heavy atom. The molecule has 0 aromatic heterocycles. The predicted molar refractivity (Wildman–Crippen MR) is 89.6 cm³/mol. The van der Waals surface area contributed by atoms with Crippen molar-refractivity contribution < 1.29 is 4.74 Å². The Bertz CT molecular complexity index is 571. The minimum atomic E-state index is -0.143. The third-order valence-electron chi connectivity index (χ3n) is 3.09. The monoisotopic (exact) mass is 351 g/mol. The van der Waals surface area contributed by atoms with Crippen molar-refractivity contribution >= 4 is 27.7 Å². The summed E-state index contributed by atoms with van der Waals surface area (Å²) in [6, 6.07) is 14.2. The largest absolute Gasteiger partial charge is 0.494 e. The van der Waals surface area contributed by atoms with E-state index in [-0.39, 0.29) is 6.04 Å². The van der Waals surface area contributed by atoms with Gasteiger partial charge in [-0.05, 0) is 48.6 Å². The molecule has 0 fully saturated rings. The standard InChI is InChI=1S/C16H18BrNOS/c1-3-19-12-6-9-14(15(17)10-12)16(18)11-4-7-13(20-2)8-5-11/h4-10,16H,3,18H2,1-2H3. The Morgan fingerprint density at radius 3 is 2.45 bits per heavy atom. The number of rotatable bonds is 5. The molecule has 2 aromatic carbocycles. The maximum absolute atomic E-state index is 6.36. The zero-order chi connectivity index (χ0) is 14.5. The summed E-state index contributed by atoms with van der Waals surface area (Å²) < 4.78 is 6.46. The Kier molecular flexibility index (Phi) is 5.52. The number of thioether (sulfide) groups is 1. The highest BCUT2D eigenvalue weighted by molar-refractivity contribution is 9.10. The van der Waals surface area contributed by atoms with Gasteiger partial charge in [-0.1, -0.05) is 34.1 Å². The van der Waals surface area contributed by atoms with Crippen molar-refractivity contribution in [1.82, 2.24) is 0 Å². The van der Waals surface area contributed by atoms with Crippen molar-refractivity contribution in [2.75, 3.05) is 12.9 Å². The number of benzene rings is 2. The highest BCUT2D eigenvalue weighted by atomic mass is 79.9. The van der Waals surface area contributed by atoms with Crippen LogP contribution in [0.15, 0.2) is 51.8 Å². The van der Waals surface area contributed by atoms with Gasteiger partial charge >= 0.3 is 0 Å². The molecule has 2 rings (SSSR count). The molecule has 0 heterocycles. The topological polar surface area (TPSA) is 35.2 Å². The number of hydrogen-bond donors (Lipinski definition) is 1. The highest BCUT2D eigenvalue weighted by Crippen LogP contribution is 2.30. The molecule has 2 nitrogen and oxygen atoms in total. The van der Waals surface area contributed by atoms with Crippen LogP contribution in [0, 0.1) is 0 Å². The summed E-state index contributed by atoms with van der Waals surface area (Å²) in [7, 11) is 0. The van der Waals surface area contributed by atoms with Crippen LogP contribution in [0.1, 0.15) is 24.1 Å². The van der Waals surface area contributed by atoms with Gasteiger partial charge in [0.1, 0.15) is 5.75 Å². The Hall–Kier alpha value is -0.970. The number of halogens is 1. The molecular formula is C16H18BrNOS. The maximum atomic E-state index is 6.36. The first-order chi connectivity index (χ1) is 9.65. The van der Waals surface area contributed by atoms with Gasteiger partial charge in [-0.15, -0.1) is 11.8 Å². The first-order valence-electron chi connectivity index (χ1n) is 6.47. The Labute approximate surface area is 132 Å². The number of hydrogen-bond acceptors (Lipinski definition) is 3. The van der Waals surface area contributed by atoms with Crippen LogP contribution in [-0.4, -0.2) is 12.9 Å². The summed E-state index contributed by atoms with van der Waals surface area (Å²) >= 11 is 5.31. The predicted octanol–water partition coefficient (Wildman–Crippen LogP) is 4.62. The van der Waals surface area contributed by atoms with Crippen LogP contribution in [0.4, 0.5) is 0 Å². The van der Waals surface area contributed by atoms with Crippen molar-refractivity contribution in [2.45, 2.75) is 17.9 Å². The van der Waals surface area contributed by atoms with Crippen LogP contribution in [0.5, 0.6) is 5.75 Å². The lowest BCUT2D eigenvalue weighted by atomic mass is 10.00. The van der Waals surface area contributed by atoms with Gasteiger partial charge in [0.05, 0.1) is 12.6 Å². The molecule has 1 atom stereocenters. The van der Waals surface area contributed by atoms with Crippen molar-refractivity contribution in [3.8, 4) is 5.75 Å². The molecule has 0 spiro atoms. The average molecular weight is 352 g/mol. The smallest absolute Gasteiger partial charge is 0.120 e. The molecule has 0 aliphatic heterocycles. The summed E-state index contributed by atoms with van der Waals surface area (Å²) in [5.41, 5.74) is 8.52. The highest BCUT2D eigenvalue weighted by Gasteiger charge is 2.13. The molecule has 1 unspecified atom stereocenters. The first-order valence-corrected chi connectivity index (χ1v) is 8.49. The van der Waals surface area contributed by atoms with Crippen molar-refractivity contribution in [3.63, 3.8) is 0 Å². The molecule has 20 heavy (non-hydrogen) atoms. The van der Waals surface area contributed by atoms with Crippen molar-refractivity contribution in [3.05, 3.63) is 58.1 Å². The second kappa shape index (κ2) is 7.16. The fraction of sp³-hybridized carbons (Fsp3) is 0.250. The van der Waals surface area contributed by atoms with Crippen molar-refractivity contribution in [1.29, 1.82) is 0 Å². The SMILES string of the molecule is CCOc1ccc(C(N)c2ccc(SC)cc2)c(Br)c1. The summed E-state index contributed by atoms with van der Waals surface area (Å²) in [5.74, 6) is 0.855. The molecule has 106 valence electrons. The van der Waals surface area contributed by atoms with E-state index in [1.807, 2.05) is 25.1 Å². The normalized spacial score (nSPS) is 12.2. The first kappa shape index (κ1) is 15.4. The van der Waals surface area contributed by atoms with E-state index in [9.17, 15) is 0 Å². The lowest BCUT2D eigenvalue weighted by Gasteiger charge is -2.16. The summed E-state index contributed by atoms with van der Waals surface area (Å²) in [6.07, 6.45) is 2.07. The van der Waals surface area contributed by atoms with Gasteiger partial charge in [0.25, 0.3) is 0 Å². The van der Waals surface area contributed by atoms with Gasteiger partial charge in [-0.3, -0.25) is 0 Å². The minimum Gasteiger partial charge on any atom is -0.494 e. The molecule has 0 saturated carbocycles. The van der Waals surface area contributed by atoms with E-state index in [2.05, 4.69) is 46.5 Å². The third kappa shape index (κ3) is 3.57. The van der Waals surface area contributed by atoms with Crippen LogP contribution in [0.2, 0.25) is 0 Å². The lowest BCUT2D eigenvalue weighted by molar-refractivity contribution is 0.340. The maximum Gasteiger partial charge on any atom is 0.120 e. The molecule has 0 bridgehead atoms. The fourth-order valence-corrected chi connectivity index (χ4v) is 3.02. The van der Waals surface area contributed by atoms with E-state index in [4.69, 9.17) is 10.5 Å². The second-order valence-corrected chi connectivity index (χ2v) is 6.10. The summed E-state index contributed by atoms with van der Waals surface area (Å²) in [6.45, 7) is 2.63. The average Bonchev–Trinajstić information content (AvgIpc) is 2.47. The molecule has 0 aliphatic carbocycles. The molecule has 0 amide bonds. The summed E-state index contributed by atoms with van der Waals surface area (Å²) in [4.78, 5) is 1.24. The van der Waals surface area contributed by atoms with Gasteiger partial charge in [0.2, 0.25) is 0 Å². The third-order valence-corrected chi connectivity index (χ3v) is 4.52. The molecule has 0 radical (unpaired) electrons. The van der Waals surface area contributed by atoms with E-state index in [0.717, 1.165) is 21.3 Å². The molecule has 0 saturated heterocycles. The number of ether oxygens (including phenoxy) is 1.